The molecule has 0 saturated carbocycles. The highest BCUT2D eigenvalue weighted by atomic mass is 16.2. The van der Waals surface area contributed by atoms with E-state index >= 15 is 0 Å². The Morgan fingerprint density at radius 2 is 2.07 bits per heavy atom. The second kappa shape index (κ2) is 4.49. The number of rotatable bonds is 2. The topological polar surface area (TPSA) is 62.1 Å². The molecule has 2 heterocycles. The number of nitrogens with two attached hydrogens (primary N) is 1. The van der Waals surface area contributed by atoms with Gasteiger partial charge in [0, 0.05) is 25.3 Å². The molecule has 1 aromatic heterocycles. The van der Waals surface area contributed by atoms with E-state index < -0.39 is 0 Å². The minimum absolute atomic E-state index is 0.106. The average Bonchev–Trinajstić information content (AvgIpc) is 2.78. The first-order chi connectivity index (χ1) is 7.31. The molecule has 4 heteroatoms. The molecule has 2 rings (SSSR count). The first kappa shape index (κ1) is 10.2. The SMILES string of the molecule is NCc1ccc(C(=O)N2CCCCC2)[nH]1. The van der Waals surface area contributed by atoms with Crippen LogP contribution in [0.1, 0.15) is 35.4 Å². The number of piperidine rings is 1. The number of H-pyrrole nitrogens is 1. The van der Waals surface area contributed by atoms with Crippen LogP contribution >= 0.6 is 0 Å². The van der Waals surface area contributed by atoms with Crippen molar-refractivity contribution >= 4 is 5.91 Å². The van der Waals surface area contributed by atoms with Gasteiger partial charge in [-0.3, -0.25) is 4.79 Å². The van der Waals surface area contributed by atoms with Crippen molar-refractivity contribution in [1.82, 2.24) is 9.88 Å². The minimum Gasteiger partial charge on any atom is -0.353 e. The molecule has 0 spiro atoms. The number of likely N-dealkylation sites (tertiary alicyclic amines) is 1. The van der Waals surface area contributed by atoms with E-state index in [-0.39, 0.29) is 5.91 Å². The molecule has 1 amide bonds. The maximum absolute atomic E-state index is 12.0. The van der Waals surface area contributed by atoms with Crippen LogP contribution in [0.4, 0.5) is 0 Å². The highest BCUT2D eigenvalue weighted by molar-refractivity contribution is 5.92. The lowest BCUT2D eigenvalue weighted by Crippen LogP contribution is -2.35. The predicted octanol–water partition coefficient (Wildman–Crippen LogP) is 1.10. The first-order valence-corrected chi connectivity index (χ1v) is 5.48. The molecule has 0 aliphatic carbocycles. The smallest absolute Gasteiger partial charge is 0.270 e. The van der Waals surface area contributed by atoms with Crippen molar-refractivity contribution in [3.8, 4) is 0 Å². The molecule has 82 valence electrons. The third-order valence-corrected chi connectivity index (χ3v) is 2.84. The van der Waals surface area contributed by atoms with Gasteiger partial charge in [-0.15, -0.1) is 0 Å². The number of hydrogen-bond donors (Lipinski definition) is 2. The highest BCUT2D eigenvalue weighted by Gasteiger charge is 2.18. The fourth-order valence-corrected chi connectivity index (χ4v) is 1.95. The van der Waals surface area contributed by atoms with Crippen LogP contribution in [0.2, 0.25) is 0 Å². The van der Waals surface area contributed by atoms with Gasteiger partial charge in [-0.05, 0) is 31.4 Å². The van der Waals surface area contributed by atoms with Crippen LogP contribution in [0.3, 0.4) is 0 Å². The van der Waals surface area contributed by atoms with E-state index in [0.29, 0.717) is 12.2 Å². The van der Waals surface area contributed by atoms with Gasteiger partial charge in [-0.2, -0.15) is 0 Å². The van der Waals surface area contributed by atoms with Crippen LogP contribution in [-0.4, -0.2) is 28.9 Å². The molecule has 1 aliphatic heterocycles. The van der Waals surface area contributed by atoms with Gasteiger partial charge >= 0.3 is 0 Å². The molecule has 0 aromatic carbocycles. The quantitative estimate of drug-likeness (QED) is 0.762. The van der Waals surface area contributed by atoms with Crippen LogP contribution < -0.4 is 5.73 Å². The van der Waals surface area contributed by atoms with E-state index in [0.717, 1.165) is 31.6 Å². The average molecular weight is 207 g/mol. The molecule has 3 N–H and O–H groups in total. The molecular formula is C11H17N3O. The van der Waals surface area contributed by atoms with Crippen LogP contribution in [0.5, 0.6) is 0 Å². The van der Waals surface area contributed by atoms with Crippen LogP contribution in [0.15, 0.2) is 12.1 Å². The van der Waals surface area contributed by atoms with Gasteiger partial charge in [-0.1, -0.05) is 0 Å². The zero-order valence-electron chi connectivity index (χ0n) is 8.83. The summed E-state index contributed by atoms with van der Waals surface area (Å²) in [5.74, 6) is 0.106. The Morgan fingerprint density at radius 3 is 2.67 bits per heavy atom. The molecule has 1 aromatic rings. The van der Waals surface area contributed by atoms with Gasteiger partial charge in [-0.25, -0.2) is 0 Å². The number of carbonyl (C=O) groups excluding carboxylic acids is 1. The summed E-state index contributed by atoms with van der Waals surface area (Å²) in [7, 11) is 0. The van der Waals surface area contributed by atoms with Crippen LogP contribution in [0.25, 0.3) is 0 Å². The highest BCUT2D eigenvalue weighted by Crippen LogP contribution is 2.12. The Hall–Kier alpha value is -1.29. The summed E-state index contributed by atoms with van der Waals surface area (Å²) in [6.45, 7) is 2.22. The fraction of sp³-hybridized carbons (Fsp3) is 0.545. The Kier molecular flexibility index (Phi) is 3.06. The third-order valence-electron chi connectivity index (χ3n) is 2.84. The van der Waals surface area contributed by atoms with Crippen molar-refractivity contribution in [2.24, 2.45) is 5.73 Å². The summed E-state index contributed by atoms with van der Waals surface area (Å²) < 4.78 is 0. The van der Waals surface area contributed by atoms with Crippen molar-refractivity contribution < 1.29 is 4.79 Å². The summed E-state index contributed by atoms with van der Waals surface area (Å²) in [6.07, 6.45) is 3.48. The molecule has 0 atom stereocenters. The maximum atomic E-state index is 12.0. The summed E-state index contributed by atoms with van der Waals surface area (Å²) in [4.78, 5) is 16.9. The third kappa shape index (κ3) is 2.21. The van der Waals surface area contributed by atoms with Gasteiger partial charge in [0.15, 0.2) is 0 Å². The van der Waals surface area contributed by atoms with Gasteiger partial charge in [0.05, 0.1) is 0 Å². The zero-order valence-corrected chi connectivity index (χ0v) is 8.83. The Labute approximate surface area is 89.5 Å². The predicted molar refractivity (Wildman–Crippen MR) is 58.4 cm³/mol. The molecule has 1 aliphatic rings. The monoisotopic (exact) mass is 207 g/mol. The van der Waals surface area contributed by atoms with E-state index in [1.54, 1.807) is 0 Å². The van der Waals surface area contributed by atoms with Crippen molar-refractivity contribution in [3.63, 3.8) is 0 Å². The van der Waals surface area contributed by atoms with Crippen molar-refractivity contribution in [3.05, 3.63) is 23.5 Å². The molecule has 4 nitrogen and oxygen atoms in total. The molecule has 0 radical (unpaired) electrons. The summed E-state index contributed by atoms with van der Waals surface area (Å²) in [5.41, 5.74) is 7.06. The number of nitrogens with zero attached hydrogens (tertiary/aromatic N) is 1. The number of aromatic nitrogens is 1. The molecule has 0 unspecified atom stereocenters. The summed E-state index contributed by atoms with van der Waals surface area (Å²) in [6, 6.07) is 3.69. The molecule has 0 bridgehead atoms. The van der Waals surface area contributed by atoms with Crippen molar-refractivity contribution in [2.75, 3.05) is 13.1 Å². The lowest BCUT2D eigenvalue weighted by atomic mass is 10.1. The first-order valence-electron chi connectivity index (χ1n) is 5.48. The lowest BCUT2D eigenvalue weighted by Gasteiger charge is -2.26. The van der Waals surface area contributed by atoms with Gasteiger partial charge < -0.3 is 15.6 Å². The number of aromatic amines is 1. The summed E-state index contributed by atoms with van der Waals surface area (Å²) >= 11 is 0. The van der Waals surface area contributed by atoms with E-state index in [2.05, 4.69) is 4.98 Å². The molecule has 15 heavy (non-hydrogen) atoms. The number of nitrogens with one attached hydrogen (secondary N) is 1. The molecule has 1 saturated heterocycles. The van der Waals surface area contributed by atoms with E-state index in [9.17, 15) is 4.79 Å². The lowest BCUT2D eigenvalue weighted by molar-refractivity contribution is 0.0719. The number of hydrogen-bond acceptors (Lipinski definition) is 2. The Bertz CT molecular complexity index is 339. The van der Waals surface area contributed by atoms with Gasteiger partial charge in [0.2, 0.25) is 0 Å². The molecular weight excluding hydrogens is 190 g/mol. The van der Waals surface area contributed by atoms with E-state index in [4.69, 9.17) is 5.73 Å². The number of carbonyl (C=O) groups is 1. The Morgan fingerprint density at radius 1 is 1.33 bits per heavy atom. The van der Waals surface area contributed by atoms with Crippen LogP contribution in [0, 0.1) is 0 Å². The van der Waals surface area contributed by atoms with E-state index in [1.165, 1.54) is 6.42 Å². The van der Waals surface area contributed by atoms with Crippen LogP contribution in [-0.2, 0) is 6.54 Å². The van der Waals surface area contributed by atoms with Gasteiger partial charge in [0.1, 0.15) is 5.69 Å². The van der Waals surface area contributed by atoms with Crippen molar-refractivity contribution in [1.29, 1.82) is 0 Å². The van der Waals surface area contributed by atoms with Gasteiger partial charge in [0.25, 0.3) is 5.91 Å². The van der Waals surface area contributed by atoms with E-state index in [1.807, 2.05) is 17.0 Å². The minimum atomic E-state index is 0.106. The largest absolute Gasteiger partial charge is 0.353 e. The van der Waals surface area contributed by atoms with Crippen molar-refractivity contribution in [2.45, 2.75) is 25.8 Å². The Balaban J connectivity index is 2.05. The number of amides is 1. The fourth-order valence-electron chi connectivity index (χ4n) is 1.95. The second-order valence-electron chi connectivity index (χ2n) is 3.95. The standard InChI is InChI=1S/C11H17N3O/c12-8-9-4-5-10(13-9)11(15)14-6-2-1-3-7-14/h4-5,13H,1-3,6-8,12H2. The summed E-state index contributed by atoms with van der Waals surface area (Å²) in [5, 5.41) is 0. The zero-order chi connectivity index (χ0) is 10.7. The maximum Gasteiger partial charge on any atom is 0.270 e. The second-order valence-corrected chi connectivity index (χ2v) is 3.95. The normalized spacial score (nSPS) is 16.7. The molecule has 1 fully saturated rings.